The zero-order chi connectivity index (χ0) is 26.8. The number of fused-ring (bicyclic) bond motifs is 2. The van der Waals surface area contributed by atoms with Gasteiger partial charge in [-0.1, -0.05) is 60.7 Å². The fourth-order valence-corrected chi connectivity index (χ4v) is 6.95. The van der Waals surface area contributed by atoms with Gasteiger partial charge in [-0.05, 0) is 76.5 Å². The maximum atomic E-state index is 13.7. The number of sulfonamides is 2. The molecule has 5 rings (SSSR count). The third-order valence-electron chi connectivity index (χ3n) is 6.28. The van der Waals surface area contributed by atoms with Gasteiger partial charge in [0.25, 0.3) is 10.0 Å². The van der Waals surface area contributed by atoms with Crippen molar-refractivity contribution in [3.05, 3.63) is 115 Å². The van der Waals surface area contributed by atoms with Gasteiger partial charge >= 0.3 is 0 Å². The molecule has 0 unspecified atom stereocenters. The Kier molecular flexibility index (Phi) is 7.16. The van der Waals surface area contributed by atoms with Crippen LogP contribution in [0.5, 0.6) is 0 Å². The van der Waals surface area contributed by atoms with Crippen molar-refractivity contribution >= 4 is 47.3 Å². The number of nitrogens with zero attached hydrogens (tertiary/aromatic N) is 1. The molecule has 0 fully saturated rings. The number of nitrogens with one attached hydrogen (secondary N) is 1. The standard InChI is InChI=1S/C29H25FN2O4S2/c30-26-12-14-27(15-13-26)32(38(35,36)29-17-11-23-7-2-4-9-25(23)21-29)19-5-18-31-37(33,34)28-16-10-22-6-1-3-8-24(22)20-28/h1-4,6-17,20-21,31H,5,18-19H2. The zero-order valence-electron chi connectivity index (χ0n) is 20.3. The van der Waals surface area contributed by atoms with E-state index in [1.165, 1.54) is 34.6 Å². The van der Waals surface area contributed by atoms with Crippen molar-refractivity contribution in [2.24, 2.45) is 0 Å². The van der Waals surface area contributed by atoms with Crippen molar-refractivity contribution in [2.75, 3.05) is 17.4 Å². The van der Waals surface area contributed by atoms with Gasteiger partial charge in [-0.2, -0.15) is 0 Å². The minimum absolute atomic E-state index is 0.0129. The second kappa shape index (κ2) is 10.5. The summed E-state index contributed by atoms with van der Waals surface area (Å²) in [7, 11) is -7.82. The molecule has 0 atom stereocenters. The number of benzene rings is 5. The first kappa shape index (κ1) is 25.8. The Morgan fingerprint density at radius 1 is 0.632 bits per heavy atom. The quantitative estimate of drug-likeness (QED) is 0.240. The summed E-state index contributed by atoms with van der Waals surface area (Å²) in [5.41, 5.74) is 0.289. The third-order valence-corrected chi connectivity index (χ3v) is 9.57. The maximum Gasteiger partial charge on any atom is 0.264 e. The van der Waals surface area contributed by atoms with Gasteiger partial charge in [0.05, 0.1) is 15.5 Å². The normalized spacial score (nSPS) is 12.1. The number of anilines is 1. The maximum absolute atomic E-state index is 13.7. The molecule has 5 aromatic rings. The van der Waals surface area contributed by atoms with Crippen molar-refractivity contribution in [1.82, 2.24) is 4.72 Å². The Labute approximate surface area is 221 Å². The molecule has 1 N–H and O–H groups in total. The third kappa shape index (κ3) is 5.40. The number of hydrogen-bond acceptors (Lipinski definition) is 4. The summed E-state index contributed by atoms with van der Waals surface area (Å²) >= 11 is 0. The van der Waals surface area contributed by atoms with Crippen LogP contribution in [-0.4, -0.2) is 29.9 Å². The Hall–Kier alpha value is -3.79. The van der Waals surface area contributed by atoms with Crippen LogP contribution in [0, 0.1) is 5.82 Å². The van der Waals surface area contributed by atoms with Gasteiger partial charge in [0, 0.05) is 13.1 Å². The molecule has 5 aromatic carbocycles. The van der Waals surface area contributed by atoms with Gasteiger partial charge in [0.1, 0.15) is 5.82 Å². The van der Waals surface area contributed by atoms with E-state index in [1.54, 1.807) is 30.3 Å². The van der Waals surface area contributed by atoms with Gasteiger partial charge in [0.2, 0.25) is 10.0 Å². The molecular weight excluding hydrogens is 523 g/mol. The van der Waals surface area contributed by atoms with Crippen molar-refractivity contribution in [3.63, 3.8) is 0 Å². The van der Waals surface area contributed by atoms with Crippen LogP contribution in [-0.2, 0) is 20.0 Å². The van der Waals surface area contributed by atoms with Crippen LogP contribution in [0.25, 0.3) is 21.5 Å². The Morgan fingerprint density at radius 3 is 1.76 bits per heavy atom. The monoisotopic (exact) mass is 548 g/mol. The smallest absolute Gasteiger partial charge is 0.264 e. The summed E-state index contributed by atoms with van der Waals surface area (Å²) < 4.78 is 70.5. The summed E-state index contributed by atoms with van der Waals surface area (Å²) in [6.07, 6.45) is 0.191. The van der Waals surface area contributed by atoms with Crippen molar-refractivity contribution in [2.45, 2.75) is 16.2 Å². The average Bonchev–Trinajstić information content (AvgIpc) is 2.93. The molecule has 194 valence electrons. The molecular formula is C29H25FN2O4S2. The van der Waals surface area contributed by atoms with Crippen LogP contribution in [0.1, 0.15) is 6.42 Å². The van der Waals surface area contributed by atoms with Crippen LogP contribution < -0.4 is 9.03 Å². The lowest BCUT2D eigenvalue weighted by molar-refractivity contribution is 0.577. The Balaban J connectivity index is 1.36. The van der Waals surface area contributed by atoms with Crippen molar-refractivity contribution in [3.8, 4) is 0 Å². The summed E-state index contributed by atoms with van der Waals surface area (Å²) in [5.74, 6) is -0.486. The minimum atomic E-state index is -4.02. The largest absolute Gasteiger partial charge is 0.266 e. The summed E-state index contributed by atoms with van der Waals surface area (Å²) in [6.45, 7) is 0.00112. The molecule has 0 bridgehead atoms. The Bertz CT molecular complexity index is 1820. The highest BCUT2D eigenvalue weighted by molar-refractivity contribution is 7.92. The summed E-state index contributed by atoms with van der Waals surface area (Å²) in [5, 5.41) is 3.42. The van der Waals surface area contributed by atoms with E-state index in [4.69, 9.17) is 0 Å². The molecule has 0 saturated carbocycles. The predicted octanol–water partition coefficient (Wildman–Crippen LogP) is 5.70. The lowest BCUT2D eigenvalue weighted by Crippen LogP contribution is -2.34. The van der Waals surface area contributed by atoms with Crippen molar-refractivity contribution < 1.29 is 21.2 Å². The first-order valence-electron chi connectivity index (χ1n) is 12.0. The number of rotatable bonds is 9. The Morgan fingerprint density at radius 2 is 1.16 bits per heavy atom. The molecule has 0 aromatic heterocycles. The second-order valence-electron chi connectivity index (χ2n) is 8.82. The predicted molar refractivity (Wildman–Crippen MR) is 149 cm³/mol. The average molecular weight is 549 g/mol. The first-order valence-corrected chi connectivity index (χ1v) is 14.9. The topological polar surface area (TPSA) is 83.6 Å². The van der Waals surface area contributed by atoms with Crippen LogP contribution in [0.15, 0.2) is 119 Å². The van der Waals surface area contributed by atoms with E-state index in [-0.39, 0.29) is 35.0 Å². The molecule has 0 aliphatic carbocycles. The van der Waals surface area contributed by atoms with Crippen LogP contribution in [0.4, 0.5) is 10.1 Å². The lowest BCUT2D eigenvalue weighted by atomic mass is 10.1. The fraction of sp³-hybridized carbons (Fsp3) is 0.103. The molecule has 0 aliphatic rings. The fourth-order valence-electron chi connectivity index (χ4n) is 4.30. The van der Waals surface area contributed by atoms with Gasteiger partial charge in [-0.3, -0.25) is 4.31 Å². The van der Waals surface area contributed by atoms with Crippen molar-refractivity contribution in [1.29, 1.82) is 0 Å². The highest BCUT2D eigenvalue weighted by Gasteiger charge is 2.25. The molecule has 9 heteroatoms. The number of halogens is 1. The van der Waals surface area contributed by atoms with E-state index >= 15 is 0 Å². The van der Waals surface area contributed by atoms with E-state index in [1.807, 2.05) is 48.5 Å². The van der Waals surface area contributed by atoms with Crippen LogP contribution in [0.3, 0.4) is 0 Å². The van der Waals surface area contributed by atoms with Gasteiger partial charge < -0.3 is 0 Å². The van der Waals surface area contributed by atoms with E-state index in [9.17, 15) is 21.2 Å². The van der Waals surface area contributed by atoms with Gasteiger partial charge in [-0.15, -0.1) is 0 Å². The molecule has 0 spiro atoms. The summed E-state index contributed by atoms with van der Waals surface area (Å²) in [6, 6.07) is 29.8. The molecule has 38 heavy (non-hydrogen) atoms. The molecule has 0 heterocycles. The molecule has 0 amide bonds. The molecule has 0 saturated heterocycles. The van der Waals surface area contributed by atoms with E-state index in [2.05, 4.69) is 4.72 Å². The van der Waals surface area contributed by atoms with Crippen LogP contribution >= 0.6 is 0 Å². The van der Waals surface area contributed by atoms with Gasteiger partial charge in [0.15, 0.2) is 0 Å². The summed E-state index contributed by atoms with van der Waals surface area (Å²) in [4.78, 5) is 0.229. The van der Waals surface area contributed by atoms with Crippen LogP contribution in [0.2, 0.25) is 0 Å². The highest BCUT2D eigenvalue weighted by Crippen LogP contribution is 2.27. The first-order chi connectivity index (χ1) is 18.2. The second-order valence-corrected chi connectivity index (χ2v) is 12.5. The minimum Gasteiger partial charge on any atom is -0.266 e. The zero-order valence-corrected chi connectivity index (χ0v) is 21.9. The van der Waals surface area contributed by atoms with E-state index in [0.29, 0.717) is 0 Å². The highest BCUT2D eigenvalue weighted by atomic mass is 32.2. The molecule has 6 nitrogen and oxygen atoms in total. The van der Waals surface area contributed by atoms with E-state index in [0.717, 1.165) is 21.5 Å². The van der Waals surface area contributed by atoms with E-state index < -0.39 is 25.9 Å². The lowest BCUT2D eigenvalue weighted by Gasteiger charge is -2.25. The number of hydrogen-bond donors (Lipinski definition) is 1. The molecule has 0 aliphatic heterocycles. The van der Waals surface area contributed by atoms with Gasteiger partial charge in [-0.25, -0.2) is 25.9 Å². The molecule has 0 radical (unpaired) electrons. The SMILES string of the molecule is O=S(=O)(NCCCN(c1ccc(F)cc1)S(=O)(=O)c1ccc2ccccc2c1)c1ccc2ccccc2c1.